The molecule has 0 spiro atoms. The first-order valence-corrected chi connectivity index (χ1v) is 7.82. The van der Waals surface area contributed by atoms with Crippen molar-refractivity contribution in [2.75, 3.05) is 5.32 Å². The molecule has 0 bridgehead atoms. The van der Waals surface area contributed by atoms with Gasteiger partial charge in [0, 0.05) is 42.5 Å². The second-order valence-electron chi connectivity index (χ2n) is 5.74. The van der Waals surface area contributed by atoms with E-state index in [4.69, 9.17) is 0 Å². The average molecular weight is 327 g/mol. The highest BCUT2D eigenvalue weighted by molar-refractivity contribution is 5.95. The number of aromatic nitrogens is 1. The Morgan fingerprint density at radius 3 is 2.42 bits per heavy atom. The van der Waals surface area contributed by atoms with Gasteiger partial charge in [-0.1, -0.05) is 6.07 Å². The average Bonchev–Trinajstić information content (AvgIpc) is 2.54. The Kier molecular flexibility index (Phi) is 5.89. The largest absolute Gasteiger partial charge is 0.350 e. The van der Waals surface area contributed by atoms with Gasteiger partial charge in [0.25, 0.3) is 11.5 Å². The van der Waals surface area contributed by atoms with Crippen LogP contribution in [-0.4, -0.2) is 22.4 Å². The number of nitrogens with zero attached hydrogens (tertiary/aromatic N) is 1. The maximum atomic E-state index is 12.0. The SMILES string of the molecule is CC(C)NC(=O)c1ccc(NC(=O)CCn2ccccc2=O)cc1. The van der Waals surface area contributed by atoms with Crippen molar-refractivity contribution < 1.29 is 9.59 Å². The van der Waals surface area contributed by atoms with Gasteiger partial charge in [-0.3, -0.25) is 14.4 Å². The fraction of sp³-hybridized carbons (Fsp3) is 0.278. The number of rotatable bonds is 6. The summed E-state index contributed by atoms with van der Waals surface area (Å²) in [7, 11) is 0. The molecule has 0 radical (unpaired) electrons. The molecule has 0 aliphatic carbocycles. The maximum absolute atomic E-state index is 12.0. The third-order valence-corrected chi connectivity index (χ3v) is 3.33. The molecule has 126 valence electrons. The van der Waals surface area contributed by atoms with E-state index in [1.165, 1.54) is 10.6 Å². The fourth-order valence-corrected chi connectivity index (χ4v) is 2.14. The molecule has 2 N–H and O–H groups in total. The molecule has 0 unspecified atom stereocenters. The Bertz CT molecular complexity index is 764. The zero-order valence-electron chi connectivity index (χ0n) is 13.8. The number of carbonyl (C=O) groups excluding carboxylic acids is 2. The van der Waals surface area contributed by atoms with Crippen LogP contribution in [0.1, 0.15) is 30.6 Å². The summed E-state index contributed by atoms with van der Waals surface area (Å²) in [4.78, 5) is 35.4. The monoisotopic (exact) mass is 327 g/mol. The van der Waals surface area contributed by atoms with E-state index in [0.29, 0.717) is 17.8 Å². The fourth-order valence-electron chi connectivity index (χ4n) is 2.14. The van der Waals surface area contributed by atoms with Crippen molar-refractivity contribution >= 4 is 17.5 Å². The minimum absolute atomic E-state index is 0.0678. The first-order chi connectivity index (χ1) is 11.5. The zero-order valence-corrected chi connectivity index (χ0v) is 13.8. The number of nitrogens with one attached hydrogen (secondary N) is 2. The van der Waals surface area contributed by atoms with E-state index in [1.807, 2.05) is 13.8 Å². The molecule has 0 aliphatic rings. The van der Waals surface area contributed by atoms with Crippen LogP contribution in [0.5, 0.6) is 0 Å². The molecule has 1 heterocycles. The predicted octanol–water partition coefficient (Wildman–Crippen LogP) is 2.02. The summed E-state index contributed by atoms with van der Waals surface area (Å²) < 4.78 is 1.49. The third kappa shape index (κ3) is 5.08. The molecular weight excluding hydrogens is 306 g/mol. The van der Waals surface area contributed by atoms with E-state index < -0.39 is 0 Å². The normalized spacial score (nSPS) is 10.5. The molecule has 6 heteroatoms. The quantitative estimate of drug-likeness (QED) is 0.852. The molecule has 0 fully saturated rings. The number of hydrogen-bond acceptors (Lipinski definition) is 3. The molecule has 24 heavy (non-hydrogen) atoms. The molecule has 1 aromatic heterocycles. The van der Waals surface area contributed by atoms with Crippen molar-refractivity contribution in [1.29, 1.82) is 0 Å². The van der Waals surface area contributed by atoms with Gasteiger partial charge in [0.1, 0.15) is 0 Å². The van der Waals surface area contributed by atoms with E-state index in [0.717, 1.165) is 0 Å². The minimum atomic E-state index is -0.190. The molecule has 0 aliphatic heterocycles. The first kappa shape index (κ1) is 17.5. The summed E-state index contributed by atoms with van der Waals surface area (Å²) in [5.41, 5.74) is 1.02. The highest BCUT2D eigenvalue weighted by Gasteiger charge is 2.08. The van der Waals surface area contributed by atoms with Gasteiger partial charge in [-0.05, 0) is 44.2 Å². The van der Waals surface area contributed by atoms with Crippen molar-refractivity contribution in [3.8, 4) is 0 Å². The Labute approximate surface area is 140 Å². The molecule has 2 rings (SSSR count). The van der Waals surface area contributed by atoms with Crippen molar-refractivity contribution in [2.24, 2.45) is 0 Å². The van der Waals surface area contributed by atoms with Gasteiger partial charge >= 0.3 is 0 Å². The number of anilines is 1. The molecule has 2 aromatic rings. The van der Waals surface area contributed by atoms with Crippen LogP contribution in [0.4, 0.5) is 5.69 Å². The smallest absolute Gasteiger partial charge is 0.251 e. The summed E-state index contributed by atoms with van der Waals surface area (Å²) >= 11 is 0. The lowest BCUT2D eigenvalue weighted by atomic mass is 10.2. The molecule has 0 saturated carbocycles. The second-order valence-corrected chi connectivity index (χ2v) is 5.74. The lowest BCUT2D eigenvalue weighted by Gasteiger charge is -2.10. The Balaban J connectivity index is 1.89. The van der Waals surface area contributed by atoms with Crippen LogP contribution in [-0.2, 0) is 11.3 Å². The molecule has 6 nitrogen and oxygen atoms in total. The Morgan fingerprint density at radius 2 is 1.79 bits per heavy atom. The lowest BCUT2D eigenvalue weighted by Crippen LogP contribution is -2.30. The van der Waals surface area contributed by atoms with Crippen LogP contribution in [0, 0.1) is 0 Å². The minimum Gasteiger partial charge on any atom is -0.350 e. The predicted molar refractivity (Wildman–Crippen MR) is 93.0 cm³/mol. The van der Waals surface area contributed by atoms with Gasteiger partial charge in [-0.2, -0.15) is 0 Å². The van der Waals surface area contributed by atoms with Gasteiger partial charge in [0.05, 0.1) is 0 Å². The summed E-state index contributed by atoms with van der Waals surface area (Å²) in [6.07, 6.45) is 1.84. The highest BCUT2D eigenvalue weighted by atomic mass is 16.2. The standard InChI is InChI=1S/C18H21N3O3/c1-13(2)19-18(24)14-6-8-15(9-7-14)20-16(22)10-12-21-11-4-3-5-17(21)23/h3-9,11,13H,10,12H2,1-2H3,(H,19,24)(H,20,22). The Hall–Kier alpha value is -2.89. The molecule has 1 aromatic carbocycles. The maximum Gasteiger partial charge on any atom is 0.251 e. The van der Waals surface area contributed by atoms with Crippen LogP contribution in [0.15, 0.2) is 53.5 Å². The molecule has 0 atom stereocenters. The van der Waals surface area contributed by atoms with Gasteiger partial charge in [-0.25, -0.2) is 0 Å². The summed E-state index contributed by atoms with van der Waals surface area (Å²) in [6, 6.07) is 11.6. The highest BCUT2D eigenvalue weighted by Crippen LogP contribution is 2.10. The van der Waals surface area contributed by atoms with Gasteiger partial charge in [0.2, 0.25) is 5.91 Å². The van der Waals surface area contributed by atoms with Gasteiger partial charge < -0.3 is 15.2 Å². The number of benzene rings is 1. The molecule has 0 saturated heterocycles. The second kappa shape index (κ2) is 8.10. The third-order valence-electron chi connectivity index (χ3n) is 3.33. The van der Waals surface area contributed by atoms with E-state index in [2.05, 4.69) is 10.6 Å². The van der Waals surface area contributed by atoms with Crippen molar-refractivity contribution in [2.45, 2.75) is 32.9 Å². The van der Waals surface area contributed by atoms with Crippen molar-refractivity contribution in [3.63, 3.8) is 0 Å². The van der Waals surface area contributed by atoms with E-state index in [-0.39, 0.29) is 29.8 Å². The summed E-state index contributed by atoms with van der Waals surface area (Å²) in [5, 5.41) is 5.56. The van der Waals surface area contributed by atoms with Crippen LogP contribution in [0.25, 0.3) is 0 Å². The summed E-state index contributed by atoms with van der Waals surface area (Å²) in [5.74, 6) is -0.337. The lowest BCUT2D eigenvalue weighted by molar-refractivity contribution is -0.116. The topological polar surface area (TPSA) is 80.2 Å². The van der Waals surface area contributed by atoms with E-state index in [1.54, 1.807) is 42.6 Å². The van der Waals surface area contributed by atoms with Crippen molar-refractivity contribution in [1.82, 2.24) is 9.88 Å². The van der Waals surface area contributed by atoms with Crippen LogP contribution >= 0.6 is 0 Å². The van der Waals surface area contributed by atoms with Gasteiger partial charge in [-0.15, -0.1) is 0 Å². The van der Waals surface area contributed by atoms with Crippen LogP contribution in [0.3, 0.4) is 0 Å². The number of aryl methyl sites for hydroxylation is 1. The Morgan fingerprint density at radius 1 is 1.08 bits per heavy atom. The summed E-state index contributed by atoms with van der Waals surface area (Å²) in [6.45, 7) is 4.11. The van der Waals surface area contributed by atoms with Gasteiger partial charge in [0.15, 0.2) is 0 Å². The van der Waals surface area contributed by atoms with E-state index in [9.17, 15) is 14.4 Å². The number of pyridine rings is 1. The van der Waals surface area contributed by atoms with Crippen molar-refractivity contribution in [3.05, 3.63) is 64.6 Å². The molecule has 2 amide bonds. The van der Waals surface area contributed by atoms with Crippen LogP contribution in [0.2, 0.25) is 0 Å². The number of hydrogen-bond donors (Lipinski definition) is 2. The first-order valence-electron chi connectivity index (χ1n) is 7.82. The zero-order chi connectivity index (χ0) is 17.5. The van der Waals surface area contributed by atoms with E-state index >= 15 is 0 Å². The number of carbonyl (C=O) groups is 2. The molecular formula is C18H21N3O3. The number of amides is 2. The van der Waals surface area contributed by atoms with Crippen LogP contribution < -0.4 is 16.2 Å².